The summed E-state index contributed by atoms with van der Waals surface area (Å²) in [6, 6.07) is 11.1. The average Bonchev–Trinajstić information content (AvgIpc) is 3.07. The van der Waals surface area contributed by atoms with E-state index < -0.39 is 15.7 Å². The third-order valence-electron chi connectivity index (χ3n) is 4.12. The minimum atomic E-state index is -3.86. The number of aryl methyl sites for hydroxylation is 1. The molecule has 0 aliphatic heterocycles. The van der Waals surface area contributed by atoms with Gasteiger partial charge in [0.15, 0.2) is 0 Å². The summed E-state index contributed by atoms with van der Waals surface area (Å²) in [6.07, 6.45) is 0. The predicted octanol–water partition coefficient (Wildman–Crippen LogP) is 1.19. The number of methoxy groups -OCH3 is 2. The molecule has 0 spiro atoms. The number of sulfonamides is 1. The van der Waals surface area contributed by atoms with Gasteiger partial charge in [0, 0.05) is 12.8 Å². The molecule has 3 rings (SSSR count). The van der Waals surface area contributed by atoms with E-state index in [4.69, 9.17) is 9.47 Å². The summed E-state index contributed by atoms with van der Waals surface area (Å²) in [7, 11) is -0.918. The van der Waals surface area contributed by atoms with Gasteiger partial charge >= 0.3 is 5.69 Å². The zero-order valence-corrected chi connectivity index (χ0v) is 17.0. The minimum absolute atomic E-state index is 0.0429. The van der Waals surface area contributed by atoms with Gasteiger partial charge in [0.05, 0.1) is 25.9 Å². The molecule has 154 valence electrons. The minimum Gasteiger partial charge on any atom is -0.495 e. The van der Waals surface area contributed by atoms with Crippen molar-refractivity contribution in [1.82, 2.24) is 19.8 Å². The Kier molecular flexibility index (Phi) is 5.99. The first kappa shape index (κ1) is 20.6. The molecule has 1 N–H and O–H groups in total. The highest BCUT2D eigenvalue weighted by atomic mass is 32.2. The zero-order chi connectivity index (χ0) is 21.0. The van der Waals surface area contributed by atoms with Crippen molar-refractivity contribution in [3.63, 3.8) is 0 Å². The van der Waals surface area contributed by atoms with Gasteiger partial charge in [-0.25, -0.2) is 13.2 Å². The van der Waals surface area contributed by atoms with Crippen LogP contribution in [0.3, 0.4) is 0 Å². The van der Waals surface area contributed by atoms with Crippen LogP contribution in [0.4, 0.5) is 5.69 Å². The second-order valence-corrected chi connectivity index (χ2v) is 7.85. The van der Waals surface area contributed by atoms with Crippen LogP contribution in [-0.2, 0) is 21.3 Å². The molecule has 0 fully saturated rings. The number of hydrogen-bond donors (Lipinski definition) is 1. The van der Waals surface area contributed by atoms with Crippen LogP contribution in [0.1, 0.15) is 5.56 Å². The number of aromatic nitrogens is 4. The molecule has 0 amide bonds. The number of rotatable bonds is 8. The molecule has 11 heteroatoms. The first-order valence-corrected chi connectivity index (χ1v) is 10.1. The maximum Gasteiger partial charge on any atom is 0.368 e. The van der Waals surface area contributed by atoms with Gasteiger partial charge in [0.25, 0.3) is 10.0 Å². The maximum absolute atomic E-state index is 12.8. The van der Waals surface area contributed by atoms with E-state index in [0.717, 1.165) is 10.2 Å². The molecule has 1 aromatic heterocycles. The quantitative estimate of drug-likeness (QED) is 0.583. The molecular weight excluding hydrogens is 398 g/mol. The van der Waals surface area contributed by atoms with E-state index in [2.05, 4.69) is 15.1 Å². The lowest BCUT2D eigenvalue weighted by Crippen LogP contribution is -2.25. The van der Waals surface area contributed by atoms with Gasteiger partial charge in [-0.3, -0.25) is 4.72 Å². The van der Waals surface area contributed by atoms with Crippen molar-refractivity contribution in [3.8, 4) is 11.4 Å². The predicted molar refractivity (Wildman–Crippen MR) is 106 cm³/mol. The van der Waals surface area contributed by atoms with Gasteiger partial charge in [0.2, 0.25) is 0 Å². The maximum atomic E-state index is 12.8. The fourth-order valence-corrected chi connectivity index (χ4v) is 3.94. The van der Waals surface area contributed by atoms with Crippen LogP contribution in [-0.4, -0.2) is 49.0 Å². The van der Waals surface area contributed by atoms with E-state index in [0.29, 0.717) is 18.0 Å². The second kappa shape index (κ2) is 8.45. The number of benzene rings is 2. The summed E-state index contributed by atoms with van der Waals surface area (Å²) >= 11 is 0. The van der Waals surface area contributed by atoms with E-state index in [1.807, 2.05) is 0 Å². The van der Waals surface area contributed by atoms with Crippen molar-refractivity contribution in [1.29, 1.82) is 0 Å². The number of ether oxygens (including phenoxy) is 2. The molecule has 29 heavy (non-hydrogen) atoms. The van der Waals surface area contributed by atoms with E-state index in [9.17, 15) is 13.2 Å². The van der Waals surface area contributed by atoms with Crippen LogP contribution in [0.5, 0.6) is 5.75 Å². The van der Waals surface area contributed by atoms with Gasteiger partial charge in [-0.15, -0.1) is 0 Å². The smallest absolute Gasteiger partial charge is 0.368 e. The van der Waals surface area contributed by atoms with E-state index >= 15 is 0 Å². The van der Waals surface area contributed by atoms with Crippen LogP contribution < -0.4 is 15.1 Å². The van der Waals surface area contributed by atoms with Crippen molar-refractivity contribution >= 4 is 15.7 Å². The molecule has 3 aromatic rings. The van der Waals surface area contributed by atoms with Crippen LogP contribution >= 0.6 is 0 Å². The normalized spacial score (nSPS) is 11.4. The third-order valence-corrected chi connectivity index (χ3v) is 5.52. The molecule has 1 heterocycles. The Hall–Kier alpha value is -3.18. The SMILES string of the molecule is COCCn1nnn(-c2ccc(NS(=O)(=O)c3cc(C)ccc3OC)cc2)c1=O. The number of hydrogen-bond acceptors (Lipinski definition) is 7. The molecule has 0 bridgehead atoms. The molecule has 0 aliphatic carbocycles. The van der Waals surface area contributed by atoms with Crippen molar-refractivity contribution in [3.05, 3.63) is 58.5 Å². The van der Waals surface area contributed by atoms with Crippen molar-refractivity contribution in [2.24, 2.45) is 0 Å². The summed E-state index contributed by atoms with van der Waals surface area (Å²) in [5, 5.41) is 7.62. The number of anilines is 1. The number of nitrogens with zero attached hydrogens (tertiary/aromatic N) is 4. The van der Waals surface area contributed by atoms with Gasteiger partial charge in [-0.05, 0) is 59.3 Å². The number of tetrazole rings is 1. The highest BCUT2D eigenvalue weighted by molar-refractivity contribution is 7.92. The Morgan fingerprint density at radius 3 is 2.45 bits per heavy atom. The fraction of sp³-hybridized carbons (Fsp3) is 0.278. The second-order valence-electron chi connectivity index (χ2n) is 6.20. The van der Waals surface area contributed by atoms with Crippen molar-refractivity contribution < 1.29 is 17.9 Å². The highest BCUT2D eigenvalue weighted by Crippen LogP contribution is 2.27. The van der Waals surface area contributed by atoms with Crippen molar-refractivity contribution in [2.75, 3.05) is 25.5 Å². The van der Waals surface area contributed by atoms with Gasteiger partial charge in [0.1, 0.15) is 10.6 Å². The van der Waals surface area contributed by atoms with Crippen molar-refractivity contribution in [2.45, 2.75) is 18.4 Å². The Balaban J connectivity index is 1.84. The zero-order valence-electron chi connectivity index (χ0n) is 16.2. The first-order chi connectivity index (χ1) is 13.9. The molecule has 0 saturated heterocycles. The summed E-state index contributed by atoms with van der Waals surface area (Å²) in [4.78, 5) is 12.3. The van der Waals surface area contributed by atoms with Crippen LogP contribution in [0.15, 0.2) is 52.2 Å². The van der Waals surface area contributed by atoms with Gasteiger partial charge in [-0.2, -0.15) is 9.36 Å². The molecule has 0 radical (unpaired) electrons. The van der Waals surface area contributed by atoms with Crippen LogP contribution in [0.25, 0.3) is 5.69 Å². The Labute approximate surface area is 167 Å². The summed E-state index contributed by atoms with van der Waals surface area (Å²) in [5.41, 5.74) is 1.16. The van der Waals surface area contributed by atoms with E-state index in [-0.39, 0.29) is 17.2 Å². The lowest BCUT2D eigenvalue weighted by Gasteiger charge is -2.12. The van der Waals surface area contributed by atoms with Crippen LogP contribution in [0.2, 0.25) is 0 Å². The largest absolute Gasteiger partial charge is 0.495 e. The summed E-state index contributed by atoms with van der Waals surface area (Å²) < 4.78 is 40.4. The number of nitrogens with one attached hydrogen (secondary N) is 1. The lowest BCUT2D eigenvalue weighted by molar-refractivity contribution is 0.181. The monoisotopic (exact) mass is 419 g/mol. The molecule has 0 unspecified atom stereocenters. The van der Waals surface area contributed by atoms with Gasteiger partial charge in [-0.1, -0.05) is 6.07 Å². The Morgan fingerprint density at radius 2 is 1.79 bits per heavy atom. The molecule has 10 nitrogen and oxygen atoms in total. The topological polar surface area (TPSA) is 117 Å². The first-order valence-electron chi connectivity index (χ1n) is 8.65. The fourth-order valence-electron chi connectivity index (χ4n) is 2.63. The van der Waals surface area contributed by atoms with Gasteiger partial charge < -0.3 is 9.47 Å². The Bertz CT molecular complexity index is 1150. The van der Waals surface area contributed by atoms with E-state index in [1.165, 1.54) is 37.1 Å². The molecular formula is C18H21N5O5S. The molecule has 0 atom stereocenters. The summed E-state index contributed by atoms with van der Waals surface area (Å²) in [6.45, 7) is 2.41. The average molecular weight is 419 g/mol. The molecule has 0 saturated carbocycles. The highest BCUT2D eigenvalue weighted by Gasteiger charge is 2.20. The summed E-state index contributed by atoms with van der Waals surface area (Å²) in [5.74, 6) is 0.249. The molecule has 2 aromatic carbocycles. The molecule has 0 aliphatic rings. The Morgan fingerprint density at radius 1 is 1.07 bits per heavy atom. The third kappa shape index (κ3) is 4.46. The van der Waals surface area contributed by atoms with Crippen LogP contribution in [0, 0.1) is 6.92 Å². The standard InChI is InChI=1S/C18H21N5O5S/c1-13-4-9-16(28-3)17(12-13)29(25,26)19-14-5-7-15(8-6-14)23-18(24)22(20-21-23)10-11-27-2/h4-9,12,19H,10-11H2,1-3H3. The van der Waals surface area contributed by atoms with E-state index in [1.54, 1.807) is 31.2 Å². The lowest BCUT2D eigenvalue weighted by atomic mass is 10.2.